The summed E-state index contributed by atoms with van der Waals surface area (Å²) in [4.78, 5) is 15.3. The Labute approximate surface area is 150 Å². The Kier molecular flexibility index (Phi) is 4.86. The number of halogens is 1. The third-order valence-corrected chi connectivity index (χ3v) is 6.82. The van der Waals surface area contributed by atoms with E-state index in [2.05, 4.69) is 4.98 Å². The summed E-state index contributed by atoms with van der Waals surface area (Å²) in [5.41, 5.74) is 0.256. The number of sulfonamides is 1. The van der Waals surface area contributed by atoms with Crippen LogP contribution in [0.15, 0.2) is 35.7 Å². The molecule has 1 aromatic carbocycles. The number of carbonyl (C=O) groups is 1. The molecule has 3 rings (SSSR count). The highest BCUT2D eigenvalue weighted by Gasteiger charge is 2.31. The maximum absolute atomic E-state index is 12.9. The zero-order chi connectivity index (χ0) is 18.2. The Balaban J connectivity index is 1.84. The maximum Gasteiger partial charge on any atom is 0.336 e. The normalized spacial score (nSPS) is 16.9. The molecule has 0 unspecified atom stereocenters. The average molecular weight is 384 g/mol. The summed E-state index contributed by atoms with van der Waals surface area (Å²) in [6.45, 7) is 2.27. The first-order valence-corrected chi connectivity index (χ1v) is 9.63. The van der Waals surface area contributed by atoms with Crippen molar-refractivity contribution >= 4 is 27.6 Å². The Morgan fingerprint density at radius 3 is 2.56 bits per heavy atom. The van der Waals surface area contributed by atoms with Gasteiger partial charge in [-0.25, -0.2) is 18.2 Å². The summed E-state index contributed by atoms with van der Waals surface area (Å²) in [5, 5.41) is 9.39. The fourth-order valence-corrected chi connectivity index (χ4v) is 4.85. The lowest BCUT2D eigenvalue weighted by molar-refractivity contribution is 0.0696. The first kappa shape index (κ1) is 17.9. The molecule has 0 atom stereocenters. The van der Waals surface area contributed by atoms with Gasteiger partial charge in [0.2, 0.25) is 10.0 Å². The van der Waals surface area contributed by atoms with Gasteiger partial charge in [0.15, 0.2) is 0 Å². The first-order valence-electron chi connectivity index (χ1n) is 7.81. The molecule has 0 bridgehead atoms. The molecule has 1 aliphatic rings. The standard InChI is InChI=1S/C16H18ClN3O4S/c1-11-14(16(21)22)8-13(9-15(11)17)25(23,24)20-5-2-12(3-6-20)19-7-4-18-10-19/h4,7-10,12H,2-3,5-6H2,1H3,(H,21,22). The van der Waals surface area contributed by atoms with Gasteiger partial charge < -0.3 is 9.67 Å². The van der Waals surface area contributed by atoms with Crippen molar-refractivity contribution in [3.05, 3.63) is 47.0 Å². The lowest BCUT2D eigenvalue weighted by Crippen LogP contribution is -2.39. The van der Waals surface area contributed by atoms with Gasteiger partial charge in [-0.05, 0) is 37.5 Å². The smallest absolute Gasteiger partial charge is 0.336 e. The summed E-state index contributed by atoms with van der Waals surface area (Å²) >= 11 is 6.04. The predicted octanol–water partition coefficient (Wildman–Crippen LogP) is 2.57. The molecule has 1 fully saturated rings. The lowest BCUT2D eigenvalue weighted by Gasteiger charge is -2.31. The largest absolute Gasteiger partial charge is 0.478 e. The molecule has 134 valence electrons. The molecule has 2 aromatic rings. The summed E-state index contributed by atoms with van der Waals surface area (Å²) in [6, 6.07) is 2.71. The van der Waals surface area contributed by atoms with Gasteiger partial charge in [0.05, 0.1) is 16.8 Å². The molecule has 9 heteroatoms. The molecule has 0 aliphatic carbocycles. The van der Waals surface area contributed by atoms with Gasteiger partial charge in [-0.3, -0.25) is 0 Å². The molecular formula is C16H18ClN3O4S. The second-order valence-electron chi connectivity index (χ2n) is 6.03. The summed E-state index contributed by atoms with van der Waals surface area (Å²) in [6.07, 6.45) is 6.63. The molecule has 0 spiro atoms. The van der Waals surface area contributed by atoms with Crippen molar-refractivity contribution in [3.63, 3.8) is 0 Å². The average Bonchev–Trinajstić information content (AvgIpc) is 3.11. The number of aromatic nitrogens is 2. The van der Waals surface area contributed by atoms with Crippen molar-refractivity contribution in [2.24, 2.45) is 0 Å². The summed E-state index contributed by atoms with van der Waals surface area (Å²) in [5.74, 6) is -1.20. The number of nitrogens with zero attached hydrogens (tertiary/aromatic N) is 3. The van der Waals surface area contributed by atoms with E-state index in [1.807, 2.05) is 10.8 Å². The van der Waals surface area contributed by atoms with Crippen LogP contribution < -0.4 is 0 Å². The third kappa shape index (κ3) is 3.42. The van der Waals surface area contributed by atoms with Crippen molar-refractivity contribution in [3.8, 4) is 0 Å². The van der Waals surface area contributed by atoms with Crippen molar-refractivity contribution in [1.82, 2.24) is 13.9 Å². The molecule has 7 nitrogen and oxygen atoms in total. The van der Waals surface area contributed by atoms with Crippen LogP contribution in [0.1, 0.15) is 34.8 Å². The number of hydrogen-bond acceptors (Lipinski definition) is 4. The van der Waals surface area contributed by atoms with Gasteiger partial charge in [0.1, 0.15) is 0 Å². The Hall–Kier alpha value is -1.90. The zero-order valence-corrected chi connectivity index (χ0v) is 15.2. The van der Waals surface area contributed by atoms with Crippen molar-refractivity contribution in [2.75, 3.05) is 13.1 Å². The molecule has 2 heterocycles. The minimum absolute atomic E-state index is 0.0819. The molecule has 1 aliphatic heterocycles. The fourth-order valence-electron chi connectivity index (χ4n) is 3.04. The topological polar surface area (TPSA) is 92.5 Å². The van der Waals surface area contributed by atoms with E-state index >= 15 is 0 Å². The quantitative estimate of drug-likeness (QED) is 0.875. The number of hydrogen-bond donors (Lipinski definition) is 1. The highest BCUT2D eigenvalue weighted by atomic mass is 35.5. The van der Waals surface area contributed by atoms with Gasteiger partial charge in [0.25, 0.3) is 0 Å². The van der Waals surface area contributed by atoms with Crippen LogP contribution in [0.3, 0.4) is 0 Å². The second kappa shape index (κ2) is 6.78. The Morgan fingerprint density at radius 1 is 1.32 bits per heavy atom. The molecule has 1 saturated heterocycles. The Bertz CT molecular complexity index is 888. The van der Waals surface area contributed by atoms with Crippen LogP contribution in [0, 0.1) is 6.92 Å². The van der Waals surface area contributed by atoms with E-state index < -0.39 is 16.0 Å². The third-order valence-electron chi connectivity index (χ3n) is 4.56. The highest BCUT2D eigenvalue weighted by Crippen LogP contribution is 2.30. The highest BCUT2D eigenvalue weighted by molar-refractivity contribution is 7.89. The number of aromatic carboxylic acids is 1. The SMILES string of the molecule is Cc1c(Cl)cc(S(=O)(=O)N2CCC(n3ccnc3)CC2)cc1C(=O)O. The second-order valence-corrected chi connectivity index (χ2v) is 8.37. The van der Waals surface area contributed by atoms with E-state index in [-0.39, 0.29) is 21.5 Å². The van der Waals surface area contributed by atoms with E-state index in [9.17, 15) is 18.3 Å². The maximum atomic E-state index is 12.9. The number of imidazole rings is 1. The van der Waals surface area contributed by atoms with Crippen LogP contribution in [0.25, 0.3) is 0 Å². The molecule has 0 amide bonds. The summed E-state index contributed by atoms with van der Waals surface area (Å²) in [7, 11) is -3.79. The van der Waals surface area contributed by atoms with Gasteiger partial charge >= 0.3 is 5.97 Å². The molecule has 1 aromatic heterocycles. The van der Waals surface area contributed by atoms with E-state index in [0.29, 0.717) is 31.5 Å². The number of rotatable bonds is 4. The van der Waals surface area contributed by atoms with Gasteiger partial charge in [-0.15, -0.1) is 0 Å². The first-order chi connectivity index (χ1) is 11.8. The number of piperidine rings is 1. The summed E-state index contributed by atoms with van der Waals surface area (Å²) < 4.78 is 29.1. The predicted molar refractivity (Wildman–Crippen MR) is 92.4 cm³/mol. The van der Waals surface area contributed by atoms with E-state index in [0.717, 1.165) is 0 Å². The number of carboxylic acid groups (broad SMARTS) is 1. The van der Waals surface area contributed by atoms with E-state index in [4.69, 9.17) is 11.6 Å². The molecule has 0 saturated carbocycles. The van der Waals surface area contributed by atoms with Crippen LogP contribution in [-0.2, 0) is 10.0 Å². The van der Waals surface area contributed by atoms with Gasteiger partial charge in [-0.2, -0.15) is 4.31 Å². The van der Waals surface area contributed by atoms with Crippen LogP contribution in [0.5, 0.6) is 0 Å². The van der Waals surface area contributed by atoms with Crippen molar-refractivity contribution < 1.29 is 18.3 Å². The van der Waals surface area contributed by atoms with Crippen LogP contribution in [0.2, 0.25) is 5.02 Å². The van der Waals surface area contributed by atoms with Crippen molar-refractivity contribution in [2.45, 2.75) is 30.7 Å². The minimum atomic E-state index is -3.79. The van der Waals surface area contributed by atoms with E-state index in [1.54, 1.807) is 19.4 Å². The zero-order valence-electron chi connectivity index (χ0n) is 13.6. The molecule has 1 N–H and O–H groups in total. The fraction of sp³-hybridized carbons (Fsp3) is 0.375. The number of carboxylic acids is 1. The van der Waals surface area contributed by atoms with Gasteiger partial charge in [0, 0.05) is 36.5 Å². The van der Waals surface area contributed by atoms with Crippen LogP contribution in [-0.4, -0.2) is 46.4 Å². The lowest BCUT2D eigenvalue weighted by atomic mass is 10.1. The molecule has 25 heavy (non-hydrogen) atoms. The monoisotopic (exact) mass is 383 g/mol. The minimum Gasteiger partial charge on any atom is -0.478 e. The molecular weight excluding hydrogens is 366 g/mol. The molecule has 0 radical (unpaired) electrons. The van der Waals surface area contributed by atoms with Gasteiger partial charge in [-0.1, -0.05) is 11.6 Å². The number of benzene rings is 1. The Morgan fingerprint density at radius 2 is 2.00 bits per heavy atom. The van der Waals surface area contributed by atoms with Crippen LogP contribution in [0.4, 0.5) is 0 Å². The van der Waals surface area contributed by atoms with Crippen molar-refractivity contribution in [1.29, 1.82) is 0 Å². The van der Waals surface area contributed by atoms with E-state index in [1.165, 1.54) is 16.4 Å². The van der Waals surface area contributed by atoms with Crippen LogP contribution >= 0.6 is 11.6 Å².